The second-order valence-electron chi connectivity index (χ2n) is 9.05. The van der Waals surface area contributed by atoms with Crippen LogP contribution in [-0.4, -0.2) is 70.0 Å². The topological polar surface area (TPSA) is 66.3 Å². The molecule has 0 spiro atoms. The van der Waals surface area contributed by atoms with Crippen LogP contribution in [0.5, 0.6) is 0 Å². The van der Waals surface area contributed by atoms with Gasteiger partial charge in [-0.05, 0) is 52.2 Å². The SMILES string of the molecule is CN(C)Cc1cn(C[C@@H]2C[C@@H]3CCN2C[C@@H]3C(=O)NC2CCCCC2)nn1. The third-order valence-corrected chi connectivity index (χ3v) is 6.63. The van der Waals surface area contributed by atoms with Crippen molar-refractivity contribution in [2.45, 2.75) is 70.1 Å². The van der Waals surface area contributed by atoms with Gasteiger partial charge in [0.15, 0.2) is 0 Å². The molecular formula is C20H34N6O. The molecule has 27 heavy (non-hydrogen) atoms. The first-order valence-corrected chi connectivity index (χ1v) is 10.7. The van der Waals surface area contributed by atoms with Gasteiger partial charge in [-0.2, -0.15) is 0 Å². The minimum Gasteiger partial charge on any atom is -0.353 e. The minimum absolute atomic E-state index is 0.178. The molecule has 1 amide bonds. The fourth-order valence-electron chi connectivity index (χ4n) is 5.22. The fraction of sp³-hybridized carbons (Fsp3) is 0.850. The van der Waals surface area contributed by atoms with Gasteiger partial charge in [-0.3, -0.25) is 14.4 Å². The Morgan fingerprint density at radius 3 is 2.78 bits per heavy atom. The van der Waals surface area contributed by atoms with Gasteiger partial charge in [-0.25, -0.2) is 0 Å². The molecule has 5 rings (SSSR count). The van der Waals surface area contributed by atoms with Crippen LogP contribution in [-0.2, 0) is 17.9 Å². The first kappa shape index (κ1) is 18.9. The Kier molecular flexibility index (Phi) is 5.78. The maximum atomic E-state index is 12.9. The highest BCUT2D eigenvalue weighted by molar-refractivity contribution is 5.79. The molecule has 1 saturated carbocycles. The third kappa shape index (κ3) is 4.51. The number of aromatic nitrogens is 3. The molecule has 1 unspecified atom stereocenters. The van der Waals surface area contributed by atoms with Crippen molar-refractivity contribution >= 4 is 5.91 Å². The lowest BCUT2D eigenvalue weighted by Crippen LogP contribution is -2.58. The van der Waals surface area contributed by atoms with E-state index in [4.69, 9.17) is 0 Å². The predicted octanol–water partition coefficient (Wildman–Crippen LogP) is 1.50. The van der Waals surface area contributed by atoms with Gasteiger partial charge in [0.2, 0.25) is 5.91 Å². The molecular weight excluding hydrogens is 340 g/mol. The predicted molar refractivity (Wildman–Crippen MR) is 104 cm³/mol. The molecule has 1 N–H and O–H groups in total. The molecule has 4 fully saturated rings. The average molecular weight is 375 g/mol. The quantitative estimate of drug-likeness (QED) is 0.817. The Morgan fingerprint density at radius 2 is 2.07 bits per heavy atom. The fourth-order valence-corrected chi connectivity index (χ4v) is 5.22. The highest BCUT2D eigenvalue weighted by atomic mass is 16.2. The summed E-state index contributed by atoms with van der Waals surface area (Å²) >= 11 is 0. The number of nitrogens with one attached hydrogen (secondary N) is 1. The molecule has 1 aromatic rings. The summed E-state index contributed by atoms with van der Waals surface area (Å²) in [5.41, 5.74) is 1.01. The van der Waals surface area contributed by atoms with Gasteiger partial charge in [-0.15, -0.1) is 5.10 Å². The normalized spacial score (nSPS) is 31.4. The van der Waals surface area contributed by atoms with Gasteiger partial charge in [0.05, 0.1) is 18.2 Å². The highest BCUT2D eigenvalue weighted by Gasteiger charge is 2.43. The smallest absolute Gasteiger partial charge is 0.224 e. The number of carbonyl (C=O) groups excluding carboxylic acids is 1. The third-order valence-electron chi connectivity index (χ3n) is 6.63. The summed E-state index contributed by atoms with van der Waals surface area (Å²) in [4.78, 5) is 17.5. The summed E-state index contributed by atoms with van der Waals surface area (Å²) in [6.07, 6.45) is 10.5. The van der Waals surface area contributed by atoms with Crippen LogP contribution in [0, 0.1) is 11.8 Å². The van der Waals surface area contributed by atoms with Crippen molar-refractivity contribution in [3.63, 3.8) is 0 Å². The van der Waals surface area contributed by atoms with Crippen molar-refractivity contribution in [2.24, 2.45) is 11.8 Å². The van der Waals surface area contributed by atoms with Crippen LogP contribution in [0.15, 0.2) is 6.20 Å². The summed E-state index contributed by atoms with van der Waals surface area (Å²) in [5, 5.41) is 12.0. The summed E-state index contributed by atoms with van der Waals surface area (Å²) in [6, 6.07) is 0.902. The average Bonchev–Trinajstić information content (AvgIpc) is 3.09. The zero-order valence-electron chi connectivity index (χ0n) is 16.8. The maximum absolute atomic E-state index is 12.9. The van der Waals surface area contributed by atoms with Crippen molar-refractivity contribution in [3.05, 3.63) is 11.9 Å². The molecule has 1 aliphatic carbocycles. The van der Waals surface area contributed by atoms with Crippen molar-refractivity contribution in [1.29, 1.82) is 0 Å². The van der Waals surface area contributed by atoms with Crippen molar-refractivity contribution in [1.82, 2.24) is 30.1 Å². The van der Waals surface area contributed by atoms with Crippen molar-refractivity contribution in [2.75, 3.05) is 27.2 Å². The van der Waals surface area contributed by atoms with Crippen LogP contribution < -0.4 is 5.32 Å². The van der Waals surface area contributed by atoms with Crippen LogP contribution in [0.4, 0.5) is 0 Å². The van der Waals surface area contributed by atoms with Gasteiger partial charge in [0.1, 0.15) is 0 Å². The highest BCUT2D eigenvalue weighted by Crippen LogP contribution is 2.37. The first-order valence-electron chi connectivity index (χ1n) is 10.7. The van der Waals surface area contributed by atoms with Gasteiger partial charge in [0.25, 0.3) is 0 Å². The van der Waals surface area contributed by atoms with E-state index in [2.05, 4.69) is 31.6 Å². The molecule has 4 heterocycles. The molecule has 1 aromatic heterocycles. The van der Waals surface area contributed by atoms with Gasteiger partial charge in [0, 0.05) is 31.4 Å². The standard InChI is InChI=1S/C20H34N6O/c1-24(2)11-17-12-26(23-22-17)13-18-10-15-8-9-25(18)14-19(15)20(27)21-16-6-4-3-5-7-16/h12,15-16,18-19H,3-11,13-14H2,1-2H3,(H,21,27)/t15-,18-,19-/m0/s1. The second-order valence-corrected chi connectivity index (χ2v) is 9.05. The number of piperidine rings is 3. The number of fused-ring (bicyclic) bond motifs is 3. The number of hydrogen-bond donors (Lipinski definition) is 1. The molecule has 7 nitrogen and oxygen atoms in total. The summed E-state index contributed by atoms with van der Waals surface area (Å²) in [6.45, 7) is 3.73. The van der Waals surface area contributed by atoms with Crippen LogP contribution >= 0.6 is 0 Å². The van der Waals surface area contributed by atoms with Crippen LogP contribution in [0.25, 0.3) is 0 Å². The molecule has 3 saturated heterocycles. The van der Waals surface area contributed by atoms with Gasteiger partial charge >= 0.3 is 0 Å². The number of rotatable bonds is 6. The lowest BCUT2D eigenvalue weighted by atomic mass is 9.75. The zero-order valence-corrected chi connectivity index (χ0v) is 16.8. The molecule has 4 aliphatic rings. The van der Waals surface area contributed by atoms with Gasteiger partial charge in [-0.1, -0.05) is 24.5 Å². The maximum Gasteiger partial charge on any atom is 0.224 e. The molecule has 4 atom stereocenters. The lowest BCUT2D eigenvalue weighted by molar-refractivity contribution is -0.134. The lowest BCUT2D eigenvalue weighted by Gasteiger charge is -2.49. The molecule has 2 bridgehead atoms. The Morgan fingerprint density at radius 1 is 1.26 bits per heavy atom. The van der Waals surface area contributed by atoms with Crippen LogP contribution in [0.1, 0.15) is 50.6 Å². The van der Waals surface area contributed by atoms with E-state index in [-0.39, 0.29) is 5.92 Å². The molecule has 7 heteroatoms. The van der Waals surface area contributed by atoms with E-state index in [9.17, 15) is 4.79 Å². The first-order chi connectivity index (χ1) is 13.1. The summed E-state index contributed by atoms with van der Waals surface area (Å²) in [5.74, 6) is 1.01. The molecule has 150 valence electrons. The molecule has 0 aromatic carbocycles. The second kappa shape index (κ2) is 8.27. The van der Waals surface area contributed by atoms with E-state index in [0.717, 1.165) is 57.6 Å². The Hall–Kier alpha value is -1.47. The summed E-state index contributed by atoms with van der Waals surface area (Å²) in [7, 11) is 4.09. The van der Waals surface area contributed by atoms with Crippen molar-refractivity contribution < 1.29 is 4.79 Å². The number of hydrogen-bond acceptors (Lipinski definition) is 5. The number of carbonyl (C=O) groups is 1. The summed E-state index contributed by atoms with van der Waals surface area (Å²) < 4.78 is 1.99. The Balaban J connectivity index is 1.31. The van der Waals surface area contributed by atoms with Crippen molar-refractivity contribution in [3.8, 4) is 0 Å². The van der Waals surface area contributed by atoms with Crippen LogP contribution in [0.2, 0.25) is 0 Å². The number of amides is 1. The van der Waals surface area contributed by atoms with E-state index in [1.807, 2.05) is 18.8 Å². The molecule has 3 aliphatic heterocycles. The molecule has 0 radical (unpaired) electrons. The minimum atomic E-state index is 0.178. The van der Waals surface area contributed by atoms with E-state index in [1.54, 1.807) is 0 Å². The van der Waals surface area contributed by atoms with E-state index < -0.39 is 0 Å². The van der Waals surface area contributed by atoms with Gasteiger partial charge < -0.3 is 10.2 Å². The van der Waals surface area contributed by atoms with E-state index in [1.165, 1.54) is 19.3 Å². The Bertz CT molecular complexity index is 638. The van der Waals surface area contributed by atoms with E-state index >= 15 is 0 Å². The van der Waals surface area contributed by atoms with Crippen LogP contribution in [0.3, 0.4) is 0 Å². The number of nitrogens with zero attached hydrogens (tertiary/aromatic N) is 5. The zero-order chi connectivity index (χ0) is 18.8. The Labute approximate surface area is 162 Å². The monoisotopic (exact) mass is 374 g/mol. The largest absolute Gasteiger partial charge is 0.353 e. The van der Waals surface area contributed by atoms with E-state index in [0.29, 0.717) is 23.9 Å².